The van der Waals surface area contributed by atoms with Crippen LogP contribution < -0.4 is 13.7 Å². The van der Waals surface area contributed by atoms with Gasteiger partial charge in [0.2, 0.25) is 5.78 Å². The summed E-state index contributed by atoms with van der Waals surface area (Å²) >= 11 is 0. The summed E-state index contributed by atoms with van der Waals surface area (Å²) in [6.07, 6.45) is 1.65. The highest BCUT2D eigenvalue weighted by molar-refractivity contribution is 7.87. The van der Waals surface area contributed by atoms with E-state index in [4.69, 9.17) is 13.7 Å². The predicted octanol–water partition coefficient (Wildman–Crippen LogP) is 4.39. The molecule has 0 bridgehead atoms. The smallest absolute Gasteiger partial charge is 0.339 e. The number of methoxy groups -OCH3 is 1. The first kappa shape index (κ1) is 19.7. The maximum Gasteiger partial charge on any atom is 0.339 e. The number of ketones is 1. The van der Waals surface area contributed by atoms with Crippen molar-refractivity contribution in [2.24, 2.45) is 0 Å². The van der Waals surface area contributed by atoms with Crippen LogP contribution in [0.1, 0.15) is 21.5 Å². The summed E-state index contributed by atoms with van der Waals surface area (Å²) in [5.41, 5.74) is 2.29. The second-order valence-electron chi connectivity index (χ2n) is 6.72. The average Bonchev–Trinajstić information content (AvgIpc) is 3.04. The van der Waals surface area contributed by atoms with Gasteiger partial charge in [-0.1, -0.05) is 29.8 Å². The van der Waals surface area contributed by atoms with Crippen LogP contribution in [0.5, 0.6) is 17.2 Å². The van der Waals surface area contributed by atoms with E-state index in [1.54, 1.807) is 6.08 Å². The van der Waals surface area contributed by atoms with E-state index in [1.807, 2.05) is 31.2 Å². The fraction of sp³-hybridized carbons (Fsp3) is 0.0870. The van der Waals surface area contributed by atoms with E-state index in [0.717, 1.165) is 11.1 Å². The number of rotatable bonds is 5. The first-order valence-corrected chi connectivity index (χ1v) is 10.5. The maximum atomic E-state index is 12.6. The zero-order valence-electron chi connectivity index (χ0n) is 16.3. The van der Waals surface area contributed by atoms with Gasteiger partial charge in [-0.05, 0) is 55.0 Å². The molecule has 4 rings (SSSR count). The molecule has 0 N–H and O–H groups in total. The third-order valence-corrected chi connectivity index (χ3v) is 5.83. The van der Waals surface area contributed by atoms with Gasteiger partial charge in [-0.15, -0.1) is 0 Å². The predicted molar refractivity (Wildman–Crippen MR) is 111 cm³/mol. The molecular formula is C23H18O6S. The summed E-state index contributed by atoms with van der Waals surface area (Å²) in [5.74, 6) is 0.736. The van der Waals surface area contributed by atoms with Crippen LogP contribution in [0.2, 0.25) is 0 Å². The topological polar surface area (TPSA) is 78.9 Å². The van der Waals surface area contributed by atoms with Crippen molar-refractivity contribution in [3.8, 4) is 17.2 Å². The lowest BCUT2D eigenvalue weighted by molar-refractivity contribution is 0.101. The van der Waals surface area contributed by atoms with E-state index in [1.165, 1.54) is 49.6 Å². The molecule has 0 aliphatic carbocycles. The van der Waals surface area contributed by atoms with Crippen LogP contribution in [0, 0.1) is 6.92 Å². The lowest BCUT2D eigenvalue weighted by Crippen LogP contribution is -2.09. The molecule has 0 aromatic heterocycles. The van der Waals surface area contributed by atoms with E-state index in [-0.39, 0.29) is 27.9 Å². The van der Waals surface area contributed by atoms with Gasteiger partial charge in [-0.25, -0.2) is 0 Å². The van der Waals surface area contributed by atoms with Gasteiger partial charge < -0.3 is 13.7 Å². The van der Waals surface area contributed by atoms with Gasteiger partial charge in [-0.3, -0.25) is 4.79 Å². The van der Waals surface area contributed by atoms with Crippen LogP contribution >= 0.6 is 0 Å². The zero-order valence-corrected chi connectivity index (χ0v) is 17.1. The Labute approximate surface area is 174 Å². The number of benzene rings is 3. The van der Waals surface area contributed by atoms with E-state index in [0.29, 0.717) is 11.3 Å². The molecule has 1 aliphatic rings. The molecule has 0 radical (unpaired) electrons. The molecule has 0 amide bonds. The number of allylic oxidation sites excluding steroid dienone is 1. The summed E-state index contributed by atoms with van der Waals surface area (Å²) in [5, 5.41) is 0. The molecule has 0 unspecified atom stereocenters. The number of hydrogen-bond donors (Lipinski definition) is 0. The number of carbonyl (C=O) groups is 1. The van der Waals surface area contributed by atoms with E-state index >= 15 is 0 Å². The fourth-order valence-electron chi connectivity index (χ4n) is 2.95. The molecule has 0 saturated carbocycles. The first-order valence-electron chi connectivity index (χ1n) is 9.09. The lowest BCUT2D eigenvalue weighted by Gasteiger charge is -2.08. The summed E-state index contributed by atoms with van der Waals surface area (Å²) < 4.78 is 40.9. The lowest BCUT2D eigenvalue weighted by atomic mass is 10.1. The van der Waals surface area contributed by atoms with Gasteiger partial charge >= 0.3 is 10.1 Å². The van der Waals surface area contributed by atoms with E-state index in [2.05, 4.69) is 0 Å². The number of carbonyl (C=O) groups excluding carboxylic acids is 1. The van der Waals surface area contributed by atoms with Crippen LogP contribution in [0.3, 0.4) is 0 Å². The molecule has 1 aliphatic heterocycles. The Morgan fingerprint density at radius 3 is 2.23 bits per heavy atom. The Hall–Kier alpha value is -3.58. The Balaban J connectivity index is 1.57. The van der Waals surface area contributed by atoms with Gasteiger partial charge in [0.25, 0.3) is 0 Å². The minimum Gasteiger partial charge on any atom is -0.497 e. The van der Waals surface area contributed by atoms with Crippen LogP contribution in [0.4, 0.5) is 0 Å². The van der Waals surface area contributed by atoms with Crippen molar-refractivity contribution in [3.63, 3.8) is 0 Å². The van der Waals surface area contributed by atoms with E-state index < -0.39 is 10.1 Å². The molecular weight excluding hydrogens is 404 g/mol. The van der Waals surface area contributed by atoms with Crippen LogP contribution in [-0.4, -0.2) is 21.3 Å². The zero-order chi connectivity index (χ0) is 21.3. The van der Waals surface area contributed by atoms with Gasteiger partial charge in [0.15, 0.2) is 5.76 Å². The Morgan fingerprint density at radius 2 is 1.57 bits per heavy atom. The molecule has 1 heterocycles. The number of fused-ring (bicyclic) bond motifs is 1. The van der Waals surface area contributed by atoms with Crippen LogP contribution in [-0.2, 0) is 10.1 Å². The molecule has 0 spiro atoms. The number of aryl methyl sites for hydroxylation is 1. The summed E-state index contributed by atoms with van der Waals surface area (Å²) in [6.45, 7) is 1.98. The molecule has 7 heteroatoms. The van der Waals surface area contributed by atoms with Crippen molar-refractivity contribution in [1.29, 1.82) is 0 Å². The second kappa shape index (κ2) is 7.68. The summed E-state index contributed by atoms with van der Waals surface area (Å²) in [4.78, 5) is 12.6. The monoisotopic (exact) mass is 422 g/mol. The largest absolute Gasteiger partial charge is 0.497 e. The highest BCUT2D eigenvalue weighted by Crippen LogP contribution is 2.35. The average molecular weight is 422 g/mol. The van der Waals surface area contributed by atoms with Crippen LogP contribution in [0.25, 0.3) is 6.08 Å². The third-order valence-electron chi connectivity index (χ3n) is 4.57. The minimum absolute atomic E-state index is 0.0132. The van der Waals surface area contributed by atoms with Crippen molar-refractivity contribution < 1.29 is 26.9 Å². The van der Waals surface area contributed by atoms with Crippen molar-refractivity contribution in [1.82, 2.24) is 0 Å². The molecule has 6 nitrogen and oxygen atoms in total. The highest BCUT2D eigenvalue weighted by atomic mass is 32.2. The van der Waals surface area contributed by atoms with Crippen molar-refractivity contribution in [3.05, 3.63) is 89.2 Å². The van der Waals surface area contributed by atoms with E-state index in [9.17, 15) is 13.2 Å². The molecule has 0 saturated heterocycles. The normalized spacial score (nSPS) is 14.3. The SMILES string of the molecule is COc1ccc(S(=O)(=O)Oc2ccc3c(c2)O/C(=C\c2ccc(C)cc2)C3=O)cc1. The first-order chi connectivity index (χ1) is 14.4. The third kappa shape index (κ3) is 3.92. The number of Topliss-reactive ketones (excluding diaryl/α,β-unsaturated/α-hetero) is 1. The maximum absolute atomic E-state index is 12.6. The number of ether oxygens (including phenoxy) is 2. The Bertz CT molecular complexity index is 1240. The highest BCUT2D eigenvalue weighted by Gasteiger charge is 2.28. The standard InChI is InChI=1S/C23H18O6S/c1-15-3-5-16(6-4-15)13-22-23(24)20-12-9-18(14-21(20)28-22)29-30(25,26)19-10-7-17(27-2)8-11-19/h3-14H,1-2H3/b22-13-. The summed E-state index contributed by atoms with van der Waals surface area (Å²) in [6, 6.07) is 17.8. The molecule has 30 heavy (non-hydrogen) atoms. The van der Waals surface area contributed by atoms with Gasteiger partial charge in [-0.2, -0.15) is 8.42 Å². The molecule has 0 atom stereocenters. The molecule has 152 valence electrons. The van der Waals surface area contributed by atoms with Gasteiger partial charge in [0.1, 0.15) is 22.1 Å². The molecule has 3 aromatic rings. The Kier molecular flexibility index (Phi) is 5.05. The van der Waals surface area contributed by atoms with Gasteiger partial charge in [0, 0.05) is 6.07 Å². The Morgan fingerprint density at radius 1 is 0.900 bits per heavy atom. The van der Waals surface area contributed by atoms with Crippen LogP contribution in [0.15, 0.2) is 77.4 Å². The molecule has 3 aromatic carbocycles. The number of hydrogen-bond acceptors (Lipinski definition) is 6. The molecule has 0 fully saturated rings. The van der Waals surface area contributed by atoms with Gasteiger partial charge in [0.05, 0.1) is 12.7 Å². The minimum atomic E-state index is -4.05. The summed E-state index contributed by atoms with van der Waals surface area (Å²) in [7, 11) is -2.55. The second-order valence-corrected chi connectivity index (χ2v) is 8.27. The quantitative estimate of drug-likeness (QED) is 0.448. The van der Waals surface area contributed by atoms with Crippen molar-refractivity contribution in [2.45, 2.75) is 11.8 Å². The van der Waals surface area contributed by atoms with Crippen molar-refractivity contribution in [2.75, 3.05) is 7.11 Å². The fourth-order valence-corrected chi connectivity index (χ4v) is 3.87. The van der Waals surface area contributed by atoms with Crippen molar-refractivity contribution >= 4 is 22.0 Å².